The van der Waals surface area contributed by atoms with Gasteiger partial charge in [-0.15, -0.1) is 0 Å². The van der Waals surface area contributed by atoms with Gasteiger partial charge < -0.3 is 11.1 Å². The maximum atomic E-state index is 12.2. The Morgan fingerprint density at radius 1 is 1.44 bits per heavy atom. The average molecular weight is 269 g/mol. The van der Waals surface area contributed by atoms with Crippen molar-refractivity contribution in [2.24, 2.45) is 0 Å². The lowest BCUT2D eigenvalue weighted by molar-refractivity contribution is -0.119. The predicted octanol–water partition coefficient (Wildman–Crippen LogP) is -0.256. The molecule has 1 amide bonds. The molecule has 1 aliphatic heterocycles. The minimum Gasteiger partial charge on any atom is -0.399 e. The highest BCUT2D eigenvalue weighted by Crippen LogP contribution is 2.19. The molecule has 1 fully saturated rings. The summed E-state index contributed by atoms with van der Waals surface area (Å²) < 4.78 is 26.8. The maximum Gasteiger partial charge on any atom is 0.241 e. The molecule has 1 aromatic carbocycles. The molecular weight excluding hydrogens is 254 g/mol. The molecule has 6 nitrogen and oxygen atoms in total. The first kappa shape index (κ1) is 12.8. The minimum atomic E-state index is -3.64. The molecule has 0 saturated carbocycles. The highest BCUT2D eigenvalue weighted by atomic mass is 32.2. The van der Waals surface area contributed by atoms with E-state index in [0.717, 1.165) is 0 Å². The average Bonchev–Trinajstić information content (AvgIpc) is 2.66. The fourth-order valence-corrected chi connectivity index (χ4v) is 3.39. The van der Waals surface area contributed by atoms with Gasteiger partial charge in [-0.1, -0.05) is 6.07 Å². The summed E-state index contributed by atoms with van der Waals surface area (Å²) in [4.78, 5) is 11.2. The second kappa shape index (κ2) is 4.58. The van der Waals surface area contributed by atoms with E-state index in [1.54, 1.807) is 19.1 Å². The molecule has 0 radical (unpaired) electrons. The fraction of sp³-hybridized carbons (Fsp3) is 0.364. The van der Waals surface area contributed by atoms with Crippen molar-refractivity contribution < 1.29 is 13.2 Å². The van der Waals surface area contributed by atoms with Crippen LogP contribution in [0.4, 0.5) is 5.69 Å². The fourth-order valence-electron chi connectivity index (χ4n) is 1.88. The zero-order valence-corrected chi connectivity index (χ0v) is 10.8. The van der Waals surface area contributed by atoms with Crippen LogP contribution in [0, 0.1) is 6.92 Å². The first-order valence-corrected chi connectivity index (χ1v) is 7.02. The quantitative estimate of drug-likeness (QED) is 0.658. The molecule has 18 heavy (non-hydrogen) atoms. The van der Waals surface area contributed by atoms with Gasteiger partial charge >= 0.3 is 0 Å². The molecular formula is C11H15N3O3S. The highest BCUT2D eigenvalue weighted by Gasteiger charge is 2.27. The third kappa shape index (κ3) is 2.62. The topological polar surface area (TPSA) is 101 Å². The van der Waals surface area contributed by atoms with Crippen molar-refractivity contribution in [3.05, 3.63) is 23.8 Å². The Kier molecular flexibility index (Phi) is 3.27. The number of nitrogen functional groups attached to an aromatic ring is 1. The normalized spacial score (nSPS) is 19.8. The van der Waals surface area contributed by atoms with Crippen molar-refractivity contribution in [2.75, 3.05) is 12.3 Å². The lowest BCUT2D eigenvalue weighted by atomic mass is 10.2. The number of rotatable bonds is 3. The van der Waals surface area contributed by atoms with Gasteiger partial charge in [-0.25, -0.2) is 13.1 Å². The van der Waals surface area contributed by atoms with Gasteiger partial charge in [0.1, 0.15) is 0 Å². The van der Waals surface area contributed by atoms with E-state index in [-0.39, 0.29) is 17.2 Å². The van der Waals surface area contributed by atoms with Crippen LogP contribution in [0.3, 0.4) is 0 Å². The van der Waals surface area contributed by atoms with Gasteiger partial charge in [0.15, 0.2) is 0 Å². The Hall–Kier alpha value is -1.60. The number of amides is 1. The molecule has 0 bridgehead atoms. The number of hydrogen-bond acceptors (Lipinski definition) is 4. The lowest BCUT2D eigenvalue weighted by Crippen LogP contribution is -2.36. The van der Waals surface area contributed by atoms with Gasteiger partial charge in [-0.3, -0.25) is 4.79 Å². The van der Waals surface area contributed by atoms with E-state index < -0.39 is 16.1 Å². The van der Waals surface area contributed by atoms with Crippen molar-refractivity contribution in [3.63, 3.8) is 0 Å². The summed E-state index contributed by atoms with van der Waals surface area (Å²) in [5.41, 5.74) is 6.61. The van der Waals surface area contributed by atoms with E-state index in [1.165, 1.54) is 6.07 Å². The Labute approximate surface area is 106 Å². The molecule has 1 atom stereocenters. The molecule has 0 spiro atoms. The number of nitrogens with two attached hydrogens (primary N) is 1. The predicted molar refractivity (Wildman–Crippen MR) is 67.3 cm³/mol. The number of sulfonamides is 1. The van der Waals surface area contributed by atoms with Crippen LogP contribution in [0.15, 0.2) is 23.1 Å². The zero-order valence-electron chi connectivity index (χ0n) is 9.93. The second-order valence-corrected chi connectivity index (χ2v) is 6.03. The molecule has 1 saturated heterocycles. The molecule has 2 rings (SSSR count). The monoisotopic (exact) mass is 269 g/mol. The van der Waals surface area contributed by atoms with E-state index in [2.05, 4.69) is 10.0 Å². The Morgan fingerprint density at radius 3 is 2.78 bits per heavy atom. The van der Waals surface area contributed by atoms with Gasteiger partial charge in [0.2, 0.25) is 15.9 Å². The molecule has 0 aliphatic carbocycles. The molecule has 1 aromatic rings. The zero-order chi connectivity index (χ0) is 13.3. The molecule has 1 aliphatic rings. The molecule has 1 unspecified atom stereocenters. The Morgan fingerprint density at radius 2 is 2.17 bits per heavy atom. The van der Waals surface area contributed by atoms with Crippen molar-refractivity contribution in [2.45, 2.75) is 24.3 Å². The van der Waals surface area contributed by atoms with Crippen LogP contribution in [-0.4, -0.2) is 26.9 Å². The van der Waals surface area contributed by atoms with E-state index in [9.17, 15) is 13.2 Å². The van der Waals surface area contributed by atoms with Crippen molar-refractivity contribution in [1.29, 1.82) is 0 Å². The van der Waals surface area contributed by atoms with Crippen LogP contribution in [0.2, 0.25) is 0 Å². The minimum absolute atomic E-state index is 0.146. The number of anilines is 1. The van der Waals surface area contributed by atoms with Crippen molar-refractivity contribution >= 4 is 21.6 Å². The van der Waals surface area contributed by atoms with Gasteiger partial charge in [-0.05, 0) is 24.6 Å². The summed E-state index contributed by atoms with van der Waals surface area (Å²) in [6.45, 7) is 2.02. The summed E-state index contributed by atoms with van der Waals surface area (Å²) >= 11 is 0. The van der Waals surface area contributed by atoms with Gasteiger partial charge in [0, 0.05) is 24.7 Å². The maximum absolute atomic E-state index is 12.2. The van der Waals surface area contributed by atoms with Crippen molar-refractivity contribution in [3.8, 4) is 0 Å². The summed E-state index contributed by atoms with van der Waals surface area (Å²) in [5.74, 6) is -0.146. The standard InChI is InChI=1S/C11H15N3O3S/c1-7-2-3-8(12)4-10(7)18(16,17)14-9-5-11(15)13-6-9/h2-4,9,14H,5-6,12H2,1H3,(H,13,15). The third-order valence-corrected chi connectivity index (χ3v) is 4.46. The summed E-state index contributed by atoms with van der Waals surface area (Å²) in [7, 11) is -3.64. The van der Waals surface area contributed by atoms with Crippen molar-refractivity contribution in [1.82, 2.24) is 10.0 Å². The van der Waals surface area contributed by atoms with Gasteiger partial charge in [0.05, 0.1) is 4.90 Å². The molecule has 4 N–H and O–H groups in total. The second-order valence-electron chi connectivity index (χ2n) is 4.35. The Balaban J connectivity index is 2.25. The van der Waals surface area contributed by atoms with Crippen LogP contribution in [0.5, 0.6) is 0 Å². The van der Waals surface area contributed by atoms with Crippen LogP contribution < -0.4 is 15.8 Å². The number of carbonyl (C=O) groups excluding carboxylic acids is 1. The van der Waals surface area contributed by atoms with E-state index in [0.29, 0.717) is 17.8 Å². The summed E-state index contributed by atoms with van der Waals surface area (Å²) in [6, 6.07) is 4.32. The Bertz CT molecular complexity index is 583. The largest absolute Gasteiger partial charge is 0.399 e. The molecule has 7 heteroatoms. The van der Waals surface area contributed by atoms with Crippen LogP contribution >= 0.6 is 0 Å². The molecule has 0 aromatic heterocycles. The molecule has 98 valence electrons. The van der Waals surface area contributed by atoms with E-state index >= 15 is 0 Å². The van der Waals surface area contributed by atoms with Crippen LogP contribution in [0.25, 0.3) is 0 Å². The van der Waals surface area contributed by atoms with E-state index in [4.69, 9.17) is 5.73 Å². The smallest absolute Gasteiger partial charge is 0.241 e. The van der Waals surface area contributed by atoms with Gasteiger partial charge in [0.25, 0.3) is 0 Å². The number of hydrogen-bond donors (Lipinski definition) is 3. The number of nitrogens with one attached hydrogen (secondary N) is 2. The first-order valence-electron chi connectivity index (χ1n) is 5.53. The lowest BCUT2D eigenvalue weighted by Gasteiger charge is -2.13. The number of carbonyl (C=O) groups is 1. The molecule has 1 heterocycles. The van der Waals surface area contributed by atoms with Crippen LogP contribution in [-0.2, 0) is 14.8 Å². The highest BCUT2D eigenvalue weighted by molar-refractivity contribution is 7.89. The SMILES string of the molecule is Cc1ccc(N)cc1S(=O)(=O)NC1CNC(=O)C1. The summed E-state index contributed by atoms with van der Waals surface area (Å²) in [6.07, 6.45) is 0.167. The summed E-state index contributed by atoms with van der Waals surface area (Å²) in [5, 5.41) is 2.58. The number of benzene rings is 1. The van der Waals surface area contributed by atoms with Crippen LogP contribution in [0.1, 0.15) is 12.0 Å². The van der Waals surface area contributed by atoms with Gasteiger partial charge in [-0.2, -0.15) is 0 Å². The number of aryl methyl sites for hydroxylation is 1. The van der Waals surface area contributed by atoms with E-state index in [1.807, 2.05) is 0 Å². The third-order valence-electron chi connectivity index (χ3n) is 2.80. The first-order chi connectivity index (χ1) is 8.38.